The van der Waals surface area contributed by atoms with Crippen LogP contribution < -0.4 is 10.6 Å². The molecule has 1 heterocycles. The van der Waals surface area contributed by atoms with Gasteiger partial charge in [-0.25, -0.2) is 0 Å². The van der Waals surface area contributed by atoms with E-state index in [-0.39, 0.29) is 11.9 Å². The standard InChI is InChI=1S/C17H26N2OS/c1-21-13-7-3-2-6-11-19-17(20)16-15-9-5-4-8-14(15)10-12-18-16/h4-5,8-9,16,18H,2-3,6-7,10-13H2,1H3,(H,19,20). The number of thioether (sulfide) groups is 1. The molecule has 0 bridgehead atoms. The van der Waals surface area contributed by atoms with Gasteiger partial charge in [-0.1, -0.05) is 37.1 Å². The van der Waals surface area contributed by atoms with Crippen molar-refractivity contribution in [2.24, 2.45) is 0 Å². The minimum Gasteiger partial charge on any atom is -0.354 e. The van der Waals surface area contributed by atoms with E-state index in [1.54, 1.807) is 0 Å². The van der Waals surface area contributed by atoms with Crippen LogP contribution in [0.2, 0.25) is 0 Å². The third-order valence-corrected chi connectivity index (χ3v) is 4.64. The van der Waals surface area contributed by atoms with Gasteiger partial charge in [-0.3, -0.25) is 4.79 Å². The Morgan fingerprint density at radius 3 is 2.95 bits per heavy atom. The van der Waals surface area contributed by atoms with Crippen molar-refractivity contribution in [1.29, 1.82) is 0 Å². The van der Waals surface area contributed by atoms with E-state index < -0.39 is 0 Å². The maximum atomic E-state index is 12.3. The van der Waals surface area contributed by atoms with Crippen molar-refractivity contribution in [2.45, 2.75) is 38.1 Å². The molecule has 0 saturated heterocycles. The molecule has 1 unspecified atom stereocenters. The van der Waals surface area contributed by atoms with Crippen molar-refractivity contribution in [3.05, 3.63) is 35.4 Å². The Morgan fingerprint density at radius 1 is 1.29 bits per heavy atom. The van der Waals surface area contributed by atoms with Crippen molar-refractivity contribution in [3.63, 3.8) is 0 Å². The number of unbranched alkanes of at least 4 members (excludes halogenated alkanes) is 3. The fraction of sp³-hybridized carbons (Fsp3) is 0.588. The van der Waals surface area contributed by atoms with Crippen LogP contribution in [0.4, 0.5) is 0 Å². The van der Waals surface area contributed by atoms with Crippen LogP contribution in [0.5, 0.6) is 0 Å². The second kappa shape index (κ2) is 9.11. The summed E-state index contributed by atoms with van der Waals surface area (Å²) < 4.78 is 0. The monoisotopic (exact) mass is 306 g/mol. The summed E-state index contributed by atoms with van der Waals surface area (Å²) in [5.41, 5.74) is 2.44. The molecule has 2 rings (SSSR count). The molecular weight excluding hydrogens is 280 g/mol. The van der Waals surface area contributed by atoms with Crippen molar-refractivity contribution in [3.8, 4) is 0 Å². The highest BCUT2D eigenvalue weighted by Crippen LogP contribution is 2.22. The van der Waals surface area contributed by atoms with Gasteiger partial charge < -0.3 is 10.6 Å². The predicted molar refractivity (Wildman–Crippen MR) is 90.7 cm³/mol. The minimum absolute atomic E-state index is 0.117. The number of hydrogen-bond acceptors (Lipinski definition) is 3. The first-order valence-corrected chi connectivity index (χ1v) is 9.30. The molecule has 1 aromatic rings. The van der Waals surface area contributed by atoms with Gasteiger partial charge in [-0.15, -0.1) is 0 Å². The highest BCUT2D eigenvalue weighted by molar-refractivity contribution is 7.98. The van der Waals surface area contributed by atoms with E-state index in [4.69, 9.17) is 0 Å². The fourth-order valence-corrected chi connectivity index (χ4v) is 3.27. The molecule has 1 aliphatic rings. The summed E-state index contributed by atoms with van der Waals surface area (Å²) in [5, 5.41) is 6.41. The van der Waals surface area contributed by atoms with Crippen molar-refractivity contribution in [1.82, 2.24) is 10.6 Å². The molecule has 0 aliphatic carbocycles. The van der Waals surface area contributed by atoms with Gasteiger partial charge >= 0.3 is 0 Å². The number of rotatable bonds is 8. The molecule has 0 aromatic heterocycles. The van der Waals surface area contributed by atoms with Crippen LogP contribution in [0.25, 0.3) is 0 Å². The summed E-state index contributed by atoms with van der Waals surface area (Å²) in [6.45, 7) is 1.67. The van der Waals surface area contributed by atoms with Gasteiger partial charge in [0.05, 0.1) is 0 Å². The molecule has 2 N–H and O–H groups in total. The summed E-state index contributed by atoms with van der Waals surface area (Å²) in [7, 11) is 0. The summed E-state index contributed by atoms with van der Waals surface area (Å²) in [5.74, 6) is 1.36. The lowest BCUT2D eigenvalue weighted by molar-refractivity contribution is -0.123. The van der Waals surface area contributed by atoms with Crippen LogP contribution in [-0.4, -0.2) is 31.0 Å². The fourth-order valence-electron chi connectivity index (χ4n) is 2.78. The molecule has 1 atom stereocenters. The smallest absolute Gasteiger partial charge is 0.241 e. The number of nitrogens with one attached hydrogen (secondary N) is 2. The SMILES string of the molecule is CSCCCCCCNC(=O)C1NCCc2ccccc21. The lowest BCUT2D eigenvalue weighted by Gasteiger charge is -2.26. The third kappa shape index (κ3) is 5.04. The van der Waals surface area contributed by atoms with E-state index in [1.807, 2.05) is 23.9 Å². The highest BCUT2D eigenvalue weighted by Gasteiger charge is 2.25. The number of fused-ring (bicyclic) bond motifs is 1. The molecule has 0 spiro atoms. The van der Waals surface area contributed by atoms with Crippen LogP contribution >= 0.6 is 11.8 Å². The second-order valence-electron chi connectivity index (χ2n) is 5.53. The van der Waals surface area contributed by atoms with E-state index in [9.17, 15) is 4.79 Å². The minimum atomic E-state index is -0.175. The molecule has 1 amide bonds. The largest absolute Gasteiger partial charge is 0.354 e. The van der Waals surface area contributed by atoms with Gasteiger partial charge in [-0.2, -0.15) is 11.8 Å². The number of amides is 1. The van der Waals surface area contributed by atoms with E-state index in [2.05, 4.69) is 29.0 Å². The van der Waals surface area contributed by atoms with Crippen molar-refractivity contribution < 1.29 is 4.79 Å². The first kappa shape index (κ1) is 16.4. The number of hydrogen-bond donors (Lipinski definition) is 2. The van der Waals surface area contributed by atoms with Gasteiger partial charge in [0.2, 0.25) is 5.91 Å². The third-order valence-electron chi connectivity index (χ3n) is 3.95. The first-order chi connectivity index (χ1) is 10.3. The van der Waals surface area contributed by atoms with Crippen molar-refractivity contribution in [2.75, 3.05) is 25.1 Å². The van der Waals surface area contributed by atoms with E-state index in [1.165, 1.54) is 30.6 Å². The van der Waals surface area contributed by atoms with E-state index >= 15 is 0 Å². The summed E-state index contributed by atoms with van der Waals surface area (Å²) in [4.78, 5) is 12.3. The van der Waals surface area contributed by atoms with Gasteiger partial charge in [0.25, 0.3) is 0 Å². The number of carbonyl (C=O) groups excluding carboxylic acids is 1. The Hall–Kier alpha value is -1.00. The molecule has 1 aromatic carbocycles. The van der Waals surface area contributed by atoms with Crippen LogP contribution in [-0.2, 0) is 11.2 Å². The van der Waals surface area contributed by atoms with Gasteiger partial charge in [0.15, 0.2) is 0 Å². The maximum absolute atomic E-state index is 12.3. The first-order valence-electron chi connectivity index (χ1n) is 7.91. The zero-order valence-corrected chi connectivity index (χ0v) is 13.7. The molecule has 116 valence electrons. The highest BCUT2D eigenvalue weighted by atomic mass is 32.2. The molecular formula is C17H26N2OS. The second-order valence-corrected chi connectivity index (χ2v) is 6.52. The molecule has 1 aliphatic heterocycles. The number of carbonyl (C=O) groups is 1. The van der Waals surface area contributed by atoms with Crippen LogP contribution in [0.1, 0.15) is 42.9 Å². The summed E-state index contributed by atoms with van der Waals surface area (Å²) >= 11 is 1.90. The van der Waals surface area contributed by atoms with Crippen molar-refractivity contribution >= 4 is 17.7 Å². The number of benzene rings is 1. The lowest BCUT2D eigenvalue weighted by Crippen LogP contribution is -2.41. The molecule has 3 nitrogen and oxygen atoms in total. The van der Waals surface area contributed by atoms with E-state index in [0.717, 1.165) is 31.5 Å². The predicted octanol–water partition coefficient (Wildman–Crippen LogP) is 2.91. The summed E-state index contributed by atoms with van der Waals surface area (Å²) in [6, 6.07) is 8.08. The lowest BCUT2D eigenvalue weighted by atomic mass is 9.94. The van der Waals surface area contributed by atoms with E-state index in [0.29, 0.717) is 0 Å². The molecule has 0 saturated carbocycles. The summed E-state index contributed by atoms with van der Waals surface area (Å²) in [6.07, 6.45) is 7.99. The Labute approximate surface area is 132 Å². The zero-order valence-electron chi connectivity index (χ0n) is 12.9. The topological polar surface area (TPSA) is 41.1 Å². The maximum Gasteiger partial charge on any atom is 0.241 e. The van der Waals surface area contributed by atoms with Crippen LogP contribution in [0.15, 0.2) is 24.3 Å². The molecule has 21 heavy (non-hydrogen) atoms. The Bertz CT molecular complexity index is 450. The van der Waals surface area contributed by atoms with Crippen LogP contribution in [0, 0.1) is 0 Å². The molecule has 0 fully saturated rings. The normalized spacial score (nSPS) is 17.3. The Morgan fingerprint density at radius 2 is 2.10 bits per heavy atom. The van der Waals surface area contributed by atoms with Gasteiger partial charge in [-0.05, 0) is 42.4 Å². The zero-order chi connectivity index (χ0) is 14.9. The molecule has 4 heteroatoms. The van der Waals surface area contributed by atoms with Gasteiger partial charge in [0, 0.05) is 13.1 Å². The quantitative estimate of drug-likeness (QED) is 0.726. The van der Waals surface area contributed by atoms with Crippen LogP contribution in [0.3, 0.4) is 0 Å². The average Bonchev–Trinajstić information content (AvgIpc) is 2.53. The average molecular weight is 306 g/mol. The van der Waals surface area contributed by atoms with Gasteiger partial charge in [0.1, 0.15) is 6.04 Å². The Balaban J connectivity index is 1.72. The molecule has 0 radical (unpaired) electrons. The Kier molecular flexibility index (Phi) is 7.10.